The van der Waals surface area contributed by atoms with Gasteiger partial charge in [0.2, 0.25) is 5.95 Å². The van der Waals surface area contributed by atoms with Gasteiger partial charge in [-0.1, -0.05) is 19.9 Å². The summed E-state index contributed by atoms with van der Waals surface area (Å²) in [6, 6.07) is 6.33. The fraction of sp³-hybridized carbons (Fsp3) is 0.250. The second-order valence-electron chi connectivity index (χ2n) is 4.76. The molecular formula is C16H14F2N2. The monoisotopic (exact) mass is 272 g/mol. The Labute approximate surface area is 115 Å². The van der Waals surface area contributed by atoms with E-state index in [2.05, 4.69) is 16.9 Å². The third kappa shape index (κ3) is 1.92. The first-order chi connectivity index (χ1) is 9.63. The highest BCUT2D eigenvalue weighted by Crippen LogP contribution is 2.28. The largest absolute Gasteiger partial charge is 0.251 e. The summed E-state index contributed by atoms with van der Waals surface area (Å²) in [6.07, 6.45) is 1.62. The van der Waals surface area contributed by atoms with Crippen molar-refractivity contribution < 1.29 is 8.78 Å². The van der Waals surface area contributed by atoms with Crippen LogP contribution in [0.15, 0.2) is 24.3 Å². The molecule has 0 spiro atoms. The van der Waals surface area contributed by atoms with Gasteiger partial charge in [0.05, 0.1) is 5.52 Å². The lowest BCUT2D eigenvalue weighted by molar-refractivity contribution is 0.562. The van der Waals surface area contributed by atoms with Crippen LogP contribution in [0.5, 0.6) is 0 Å². The zero-order chi connectivity index (χ0) is 14.3. The summed E-state index contributed by atoms with van der Waals surface area (Å²) >= 11 is 0. The van der Waals surface area contributed by atoms with Crippen LogP contribution in [0.25, 0.3) is 21.8 Å². The quantitative estimate of drug-likeness (QED) is 0.516. The maximum absolute atomic E-state index is 13.8. The van der Waals surface area contributed by atoms with Gasteiger partial charge >= 0.3 is 0 Å². The molecule has 0 radical (unpaired) electrons. The summed E-state index contributed by atoms with van der Waals surface area (Å²) in [5.74, 6) is -1.42. The smallest absolute Gasteiger partial charge is 0.216 e. The van der Waals surface area contributed by atoms with Crippen molar-refractivity contribution in [2.45, 2.75) is 26.7 Å². The summed E-state index contributed by atoms with van der Waals surface area (Å²) in [5.41, 5.74) is 2.91. The van der Waals surface area contributed by atoms with E-state index in [-0.39, 0.29) is 0 Å². The number of fused-ring (bicyclic) bond motifs is 3. The van der Waals surface area contributed by atoms with Crippen LogP contribution in [0.1, 0.15) is 25.1 Å². The third-order valence-corrected chi connectivity index (χ3v) is 3.56. The average Bonchev–Trinajstić information content (AvgIpc) is 2.45. The zero-order valence-electron chi connectivity index (χ0n) is 11.4. The molecule has 0 N–H and O–H groups in total. The Morgan fingerprint density at radius 2 is 1.60 bits per heavy atom. The Kier molecular flexibility index (Phi) is 3.08. The fourth-order valence-corrected chi connectivity index (χ4v) is 2.51. The SMILES string of the molecule is CCc1cc(CC)c2ccc3c(F)cc(F)nc3c2n1. The summed E-state index contributed by atoms with van der Waals surface area (Å²) < 4.78 is 27.2. The predicted molar refractivity (Wildman–Crippen MR) is 75.7 cm³/mol. The average molecular weight is 272 g/mol. The molecule has 0 aliphatic heterocycles. The van der Waals surface area contributed by atoms with Crippen molar-refractivity contribution in [3.63, 3.8) is 0 Å². The number of benzene rings is 1. The van der Waals surface area contributed by atoms with Gasteiger partial charge in [-0.25, -0.2) is 9.37 Å². The van der Waals surface area contributed by atoms with Crippen molar-refractivity contribution in [2.75, 3.05) is 0 Å². The van der Waals surface area contributed by atoms with Gasteiger partial charge in [-0.15, -0.1) is 0 Å². The Morgan fingerprint density at radius 3 is 2.30 bits per heavy atom. The number of hydrogen-bond donors (Lipinski definition) is 0. The zero-order valence-corrected chi connectivity index (χ0v) is 11.4. The molecule has 4 heteroatoms. The number of halogens is 2. The molecule has 2 nitrogen and oxygen atoms in total. The second-order valence-corrected chi connectivity index (χ2v) is 4.76. The molecule has 3 aromatic rings. The van der Waals surface area contributed by atoms with Gasteiger partial charge in [0.1, 0.15) is 11.3 Å². The number of rotatable bonds is 2. The first-order valence-corrected chi connectivity index (χ1v) is 6.71. The van der Waals surface area contributed by atoms with E-state index < -0.39 is 11.8 Å². The Morgan fingerprint density at radius 1 is 0.900 bits per heavy atom. The summed E-state index contributed by atoms with van der Waals surface area (Å²) in [5, 5.41) is 1.22. The van der Waals surface area contributed by atoms with Crippen LogP contribution in [0, 0.1) is 11.8 Å². The molecule has 0 saturated heterocycles. The highest BCUT2D eigenvalue weighted by atomic mass is 19.1. The highest BCUT2D eigenvalue weighted by Gasteiger charge is 2.12. The molecule has 0 fully saturated rings. The molecule has 0 aliphatic rings. The van der Waals surface area contributed by atoms with Gasteiger partial charge in [-0.3, -0.25) is 4.98 Å². The minimum atomic E-state index is -0.816. The third-order valence-electron chi connectivity index (χ3n) is 3.56. The first-order valence-electron chi connectivity index (χ1n) is 6.71. The van der Waals surface area contributed by atoms with Gasteiger partial charge in [-0.05, 0) is 30.5 Å². The second kappa shape index (κ2) is 4.78. The molecule has 0 atom stereocenters. The fourth-order valence-electron chi connectivity index (χ4n) is 2.51. The number of nitrogens with zero attached hydrogens (tertiary/aromatic N) is 2. The van der Waals surface area contributed by atoms with Crippen molar-refractivity contribution in [1.82, 2.24) is 9.97 Å². The summed E-state index contributed by atoms with van der Waals surface area (Å²) in [7, 11) is 0. The molecule has 0 unspecified atom stereocenters. The lowest BCUT2D eigenvalue weighted by Gasteiger charge is -2.09. The standard InChI is InChI=1S/C16H14F2N2/c1-3-9-7-10(4-2)19-15-11(9)5-6-12-13(17)8-14(18)20-16(12)15/h5-8H,3-4H2,1-2H3. The van der Waals surface area contributed by atoms with Crippen molar-refractivity contribution in [3.05, 3.63) is 47.3 Å². The van der Waals surface area contributed by atoms with E-state index in [1.807, 2.05) is 19.1 Å². The minimum absolute atomic E-state index is 0.296. The van der Waals surface area contributed by atoms with E-state index >= 15 is 0 Å². The van der Waals surface area contributed by atoms with Crippen LogP contribution in [0.3, 0.4) is 0 Å². The topological polar surface area (TPSA) is 25.8 Å². The van der Waals surface area contributed by atoms with Crippen LogP contribution >= 0.6 is 0 Å². The van der Waals surface area contributed by atoms with E-state index in [4.69, 9.17) is 0 Å². The number of hydrogen-bond acceptors (Lipinski definition) is 2. The molecule has 2 aromatic heterocycles. The minimum Gasteiger partial charge on any atom is -0.251 e. The Hall–Kier alpha value is -2.10. The molecule has 0 aliphatic carbocycles. The molecule has 0 saturated carbocycles. The Balaban J connectivity index is 2.52. The molecule has 0 amide bonds. The van der Waals surface area contributed by atoms with E-state index in [9.17, 15) is 8.78 Å². The van der Waals surface area contributed by atoms with Gasteiger partial charge in [-0.2, -0.15) is 4.39 Å². The van der Waals surface area contributed by atoms with Gasteiger partial charge < -0.3 is 0 Å². The molecular weight excluding hydrogens is 258 g/mol. The van der Waals surface area contributed by atoms with Crippen LogP contribution < -0.4 is 0 Å². The first kappa shape index (κ1) is 12.9. The van der Waals surface area contributed by atoms with E-state index in [0.29, 0.717) is 16.4 Å². The van der Waals surface area contributed by atoms with Crippen molar-refractivity contribution in [3.8, 4) is 0 Å². The van der Waals surface area contributed by atoms with Crippen LogP contribution in [0.4, 0.5) is 8.78 Å². The number of aromatic nitrogens is 2. The van der Waals surface area contributed by atoms with Crippen LogP contribution in [0.2, 0.25) is 0 Å². The van der Waals surface area contributed by atoms with Crippen LogP contribution in [-0.2, 0) is 12.8 Å². The lowest BCUT2D eigenvalue weighted by atomic mass is 10.0. The Bertz CT molecular complexity index is 813. The molecule has 102 valence electrons. The van der Waals surface area contributed by atoms with E-state index in [1.165, 1.54) is 0 Å². The summed E-state index contributed by atoms with van der Waals surface area (Å²) in [6.45, 7) is 4.06. The molecule has 3 rings (SSSR count). The van der Waals surface area contributed by atoms with Crippen molar-refractivity contribution >= 4 is 21.8 Å². The molecule has 0 bridgehead atoms. The molecule has 2 heterocycles. The highest BCUT2D eigenvalue weighted by molar-refractivity contribution is 6.04. The van der Waals surface area contributed by atoms with Crippen molar-refractivity contribution in [1.29, 1.82) is 0 Å². The maximum Gasteiger partial charge on any atom is 0.216 e. The summed E-state index contributed by atoms with van der Waals surface area (Å²) in [4.78, 5) is 8.36. The normalized spacial score (nSPS) is 11.4. The van der Waals surface area contributed by atoms with Gasteiger partial charge in [0.15, 0.2) is 0 Å². The number of pyridine rings is 2. The lowest BCUT2D eigenvalue weighted by Crippen LogP contribution is -1.97. The van der Waals surface area contributed by atoms with Gasteiger partial charge in [0, 0.05) is 22.5 Å². The molecule has 1 aromatic carbocycles. The maximum atomic E-state index is 13.8. The van der Waals surface area contributed by atoms with E-state index in [0.717, 1.165) is 35.6 Å². The molecule has 20 heavy (non-hydrogen) atoms. The van der Waals surface area contributed by atoms with Crippen molar-refractivity contribution in [2.24, 2.45) is 0 Å². The van der Waals surface area contributed by atoms with E-state index in [1.54, 1.807) is 6.07 Å². The number of aryl methyl sites for hydroxylation is 2. The van der Waals surface area contributed by atoms with Gasteiger partial charge in [0.25, 0.3) is 0 Å². The predicted octanol–water partition coefficient (Wildman–Crippen LogP) is 4.19. The van der Waals surface area contributed by atoms with Crippen LogP contribution in [-0.4, -0.2) is 9.97 Å².